The number of piperidine rings is 1. The lowest BCUT2D eigenvalue weighted by molar-refractivity contribution is -0.263. The SMILES string of the molecule is COc1ccc(N[C@H]2CC3CCC(C)C(O)(O3)C(=O)C(=O)N3CCCCC3C(=O)O[C@H]([C@H](C)CC3CC[C@@H](O)C(OC)C3)CC[C@H](N)/C=C(\C)C(O)[C@@H](OC)C(=O)C(C)C[C@H](C)/C=C/C=C/C=C/2C)cc1. The molecule has 3 fully saturated rings. The van der Waals surface area contributed by atoms with Crippen molar-refractivity contribution in [3.63, 3.8) is 0 Å². The Morgan fingerprint density at radius 3 is 2.28 bits per heavy atom. The van der Waals surface area contributed by atoms with Crippen LogP contribution in [0.4, 0.5) is 5.69 Å². The number of aliphatic hydroxyl groups excluding tert-OH is 2. The molecule has 2 saturated heterocycles. The summed E-state index contributed by atoms with van der Waals surface area (Å²) in [7, 11) is 4.61. The van der Waals surface area contributed by atoms with Crippen LogP contribution >= 0.6 is 0 Å². The van der Waals surface area contributed by atoms with Crippen LogP contribution in [0.2, 0.25) is 0 Å². The number of anilines is 1. The number of carbonyl (C=O) groups is 4. The topological polar surface area (TPSA) is 216 Å². The number of carbonyl (C=O) groups excluding carboxylic acids is 4. The minimum absolute atomic E-state index is 0.0272. The molecule has 0 spiro atoms. The van der Waals surface area contributed by atoms with E-state index in [1.165, 1.54) is 12.0 Å². The van der Waals surface area contributed by atoms with E-state index in [1.807, 2.05) is 82.3 Å². The van der Waals surface area contributed by atoms with E-state index in [9.17, 15) is 34.5 Å². The number of cyclic esters (lactones) is 1. The van der Waals surface area contributed by atoms with Gasteiger partial charge in [0.1, 0.15) is 30.1 Å². The Morgan fingerprint density at radius 1 is 0.859 bits per heavy atom. The van der Waals surface area contributed by atoms with Gasteiger partial charge in [0, 0.05) is 50.4 Å². The van der Waals surface area contributed by atoms with Gasteiger partial charge in [-0.1, -0.05) is 69.7 Å². The minimum Gasteiger partial charge on any atom is -0.497 e. The molecule has 15 atom stereocenters. The van der Waals surface area contributed by atoms with Gasteiger partial charge in [-0.2, -0.15) is 0 Å². The van der Waals surface area contributed by atoms with Crippen molar-refractivity contribution in [2.45, 2.75) is 186 Å². The lowest BCUT2D eigenvalue weighted by Gasteiger charge is -2.43. The highest BCUT2D eigenvalue weighted by molar-refractivity contribution is 6.39. The highest BCUT2D eigenvalue weighted by Crippen LogP contribution is 2.38. The molecule has 4 aliphatic rings. The van der Waals surface area contributed by atoms with Crippen LogP contribution in [0.25, 0.3) is 0 Å². The molecule has 0 aromatic heterocycles. The van der Waals surface area contributed by atoms with Crippen molar-refractivity contribution in [1.29, 1.82) is 0 Å². The Morgan fingerprint density at radius 2 is 1.59 bits per heavy atom. The fraction of sp³-hybridized carbons (Fsp3) is 0.679. The van der Waals surface area contributed by atoms with E-state index < -0.39 is 77.9 Å². The van der Waals surface area contributed by atoms with Crippen molar-refractivity contribution in [1.82, 2.24) is 4.90 Å². The van der Waals surface area contributed by atoms with Gasteiger partial charge in [0.15, 0.2) is 5.78 Å². The van der Waals surface area contributed by atoms with E-state index in [2.05, 4.69) is 5.32 Å². The second kappa shape index (κ2) is 27.2. The maximum Gasteiger partial charge on any atom is 0.329 e. The first-order chi connectivity index (χ1) is 33.8. The van der Waals surface area contributed by atoms with Gasteiger partial charge >= 0.3 is 5.97 Å². The number of amides is 1. The second-order valence-electron chi connectivity index (χ2n) is 21.1. The normalized spacial score (nSPS) is 37.8. The molecule has 15 heteroatoms. The maximum atomic E-state index is 14.5. The summed E-state index contributed by atoms with van der Waals surface area (Å²) in [5.74, 6) is -5.73. The van der Waals surface area contributed by atoms with Crippen molar-refractivity contribution >= 4 is 29.1 Å². The minimum atomic E-state index is -2.43. The number of rotatable bonds is 8. The third kappa shape index (κ3) is 15.6. The predicted octanol–water partition coefficient (Wildman–Crippen LogP) is 7.17. The zero-order valence-corrected chi connectivity index (χ0v) is 43.8. The van der Waals surface area contributed by atoms with Gasteiger partial charge in [0.25, 0.3) is 11.7 Å². The average molecular weight is 992 g/mol. The molecule has 1 aromatic rings. The van der Waals surface area contributed by atoms with Gasteiger partial charge < -0.3 is 55.0 Å². The van der Waals surface area contributed by atoms with Crippen LogP contribution in [0, 0.1) is 29.6 Å². The highest BCUT2D eigenvalue weighted by Gasteiger charge is 2.53. The molecule has 3 aliphatic heterocycles. The Bertz CT molecular complexity index is 2040. The molecule has 0 radical (unpaired) electrons. The standard InChI is InChI=1S/C56H85N3O12/c1-34-15-11-10-12-16-35(2)45(58-42-21-24-43(67-7)25-22-42)33-44-23-18-39(6)56(66,71-44)53(63)54(64)59-28-14-13-17-46(59)55(65)70-48(36(3)30-40-19-26-47(60)49(32-40)68-8)27-20-41(57)31-38(5)51(62)52(69-9)50(61)37(4)29-34/h10-12,15-16,21-22,24-25,31,34,36-37,39-41,44-49,51-52,58,60,62,66H,13-14,17-20,23,26-30,32-33,57H2,1-9H3/b12-10+,15-11+,35-16+,38-31+/t34-,36-,37?,39?,40?,41+,44?,45+,46?,47-,48+,49?,51?,52+,56?/m1/s1. The number of benzene rings is 1. The highest BCUT2D eigenvalue weighted by atomic mass is 16.6. The van der Waals surface area contributed by atoms with Gasteiger partial charge in [0.2, 0.25) is 5.79 Å². The Balaban J connectivity index is 1.48. The van der Waals surface area contributed by atoms with E-state index in [4.69, 9.17) is 29.4 Å². The first kappa shape index (κ1) is 57.7. The van der Waals surface area contributed by atoms with Crippen LogP contribution in [0.5, 0.6) is 5.75 Å². The van der Waals surface area contributed by atoms with Crippen LogP contribution in [0.1, 0.15) is 125 Å². The van der Waals surface area contributed by atoms with Crippen LogP contribution in [0.15, 0.2) is 71.9 Å². The fourth-order valence-corrected chi connectivity index (χ4v) is 10.9. The number of Topliss-reactive ketones (excluding diaryl/α,β-unsaturated/α-hetero) is 2. The Kier molecular flexibility index (Phi) is 22.1. The largest absolute Gasteiger partial charge is 0.497 e. The van der Waals surface area contributed by atoms with Crippen molar-refractivity contribution in [2.24, 2.45) is 35.3 Å². The monoisotopic (exact) mass is 992 g/mol. The number of esters is 1. The summed E-state index contributed by atoms with van der Waals surface area (Å²) in [6.45, 7) is 11.4. The van der Waals surface area contributed by atoms with Crippen molar-refractivity contribution in [2.75, 3.05) is 33.2 Å². The molecule has 5 rings (SSSR count). The van der Waals surface area contributed by atoms with Crippen molar-refractivity contribution in [3.05, 3.63) is 71.9 Å². The number of methoxy groups -OCH3 is 3. The number of hydrogen-bond donors (Lipinski definition) is 5. The van der Waals surface area contributed by atoms with Gasteiger partial charge in [-0.15, -0.1) is 0 Å². The number of nitrogens with one attached hydrogen (secondary N) is 1. The summed E-state index contributed by atoms with van der Waals surface area (Å²) in [5.41, 5.74) is 8.96. The molecule has 1 aromatic carbocycles. The molecule has 8 unspecified atom stereocenters. The first-order valence-corrected chi connectivity index (χ1v) is 26.1. The Hall–Kier alpha value is -4.22. The number of hydrogen-bond acceptors (Lipinski definition) is 14. The van der Waals surface area contributed by atoms with Crippen LogP contribution in [0.3, 0.4) is 0 Å². The van der Waals surface area contributed by atoms with E-state index >= 15 is 0 Å². The molecule has 6 N–H and O–H groups in total. The number of aliphatic hydroxyl groups is 3. The lowest BCUT2D eigenvalue weighted by atomic mass is 9.78. The summed E-state index contributed by atoms with van der Waals surface area (Å²) in [5, 5.41) is 37.8. The lowest BCUT2D eigenvalue weighted by Crippen LogP contribution is -2.61. The molecule has 15 nitrogen and oxygen atoms in total. The quantitative estimate of drug-likeness (QED) is 0.0993. The zero-order chi connectivity index (χ0) is 52.0. The average Bonchev–Trinajstić information content (AvgIpc) is 3.35. The van der Waals surface area contributed by atoms with E-state index in [1.54, 1.807) is 34.1 Å². The fourth-order valence-electron chi connectivity index (χ4n) is 10.9. The van der Waals surface area contributed by atoms with Gasteiger partial charge in [0.05, 0.1) is 25.4 Å². The van der Waals surface area contributed by atoms with Gasteiger partial charge in [-0.05, 0) is 145 Å². The van der Waals surface area contributed by atoms with E-state index in [-0.39, 0.29) is 48.6 Å². The van der Waals surface area contributed by atoms with E-state index in [0.717, 1.165) is 17.7 Å². The van der Waals surface area contributed by atoms with Crippen LogP contribution in [-0.2, 0) is 38.1 Å². The molecule has 1 saturated carbocycles. The molecule has 1 amide bonds. The molecule has 2 bridgehead atoms. The molecular weight excluding hydrogens is 907 g/mol. The zero-order valence-electron chi connectivity index (χ0n) is 43.8. The van der Waals surface area contributed by atoms with Crippen LogP contribution < -0.4 is 15.8 Å². The molecule has 396 valence electrons. The first-order valence-electron chi connectivity index (χ1n) is 26.1. The smallest absolute Gasteiger partial charge is 0.329 e. The third-order valence-corrected chi connectivity index (χ3v) is 15.5. The second-order valence-corrected chi connectivity index (χ2v) is 21.1. The predicted molar refractivity (Wildman–Crippen MR) is 273 cm³/mol. The molecule has 71 heavy (non-hydrogen) atoms. The molecule has 1 aliphatic carbocycles. The number of ketones is 2. The number of ether oxygens (including phenoxy) is 5. The summed E-state index contributed by atoms with van der Waals surface area (Å²) >= 11 is 0. The molecular formula is C56H85N3O12. The number of nitrogens with zero attached hydrogens (tertiary/aromatic N) is 1. The van der Waals surface area contributed by atoms with Crippen molar-refractivity contribution < 1.29 is 58.2 Å². The Labute approximate surface area is 422 Å². The maximum absolute atomic E-state index is 14.5. The van der Waals surface area contributed by atoms with Gasteiger partial charge in [-0.3, -0.25) is 14.4 Å². The summed E-state index contributed by atoms with van der Waals surface area (Å²) < 4.78 is 29.4. The summed E-state index contributed by atoms with van der Waals surface area (Å²) in [6, 6.07) is 5.56. The van der Waals surface area contributed by atoms with Gasteiger partial charge in [-0.25, -0.2) is 4.79 Å². The number of allylic oxidation sites excluding steroid dienone is 5. The molecule has 3 heterocycles. The van der Waals surface area contributed by atoms with E-state index in [0.29, 0.717) is 82.0 Å². The van der Waals surface area contributed by atoms with Crippen molar-refractivity contribution in [3.8, 4) is 5.75 Å². The summed E-state index contributed by atoms with van der Waals surface area (Å²) in [6.07, 6.45) is 13.8. The third-order valence-electron chi connectivity index (χ3n) is 15.5. The number of nitrogens with two attached hydrogens (primary N) is 1. The number of fused-ring (bicyclic) bond motifs is 3. The summed E-state index contributed by atoms with van der Waals surface area (Å²) in [4.78, 5) is 58.5. The van der Waals surface area contributed by atoms with Crippen LogP contribution in [-0.4, -0.2) is 132 Å².